The Morgan fingerprint density at radius 2 is 1.00 bits per heavy atom. The summed E-state index contributed by atoms with van der Waals surface area (Å²) in [4.78, 5) is 0. The van der Waals surface area contributed by atoms with Crippen molar-refractivity contribution in [3.8, 4) is 0 Å². The molecule has 98 valence electrons. The Balaban J connectivity index is 2.83. The molecule has 0 atom stereocenters. The first-order valence-corrected chi connectivity index (χ1v) is 9.22. The van der Waals surface area contributed by atoms with E-state index in [1.54, 1.807) is 10.8 Å². The lowest BCUT2D eigenvalue weighted by Crippen LogP contribution is -1.83. The predicted octanol–water partition coefficient (Wildman–Crippen LogP) is 6.27. The normalized spacial score (nSPS) is 10.9. The van der Waals surface area contributed by atoms with Crippen LogP contribution in [-0.4, -0.2) is 5.75 Å². The highest BCUT2D eigenvalue weighted by molar-refractivity contribution is 8.68. The highest BCUT2D eigenvalue weighted by Crippen LogP contribution is 2.13. The van der Waals surface area contributed by atoms with Crippen molar-refractivity contribution < 1.29 is 0 Å². The van der Waals surface area contributed by atoms with E-state index >= 15 is 0 Å². The van der Waals surface area contributed by atoms with Gasteiger partial charge in [0.05, 0.1) is 0 Å². The van der Waals surface area contributed by atoms with Crippen LogP contribution in [0.5, 0.6) is 0 Å². The molecular weight excluding hydrogens is 232 g/mol. The number of hydrogen-bond acceptors (Lipinski definition) is 2. The lowest BCUT2D eigenvalue weighted by molar-refractivity contribution is 0.548. The van der Waals surface area contributed by atoms with Gasteiger partial charge in [0.1, 0.15) is 0 Å². The average molecular weight is 263 g/mol. The van der Waals surface area contributed by atoms with E-state index < -0.39 is 0 Å². The fraction of sp³-hybridized carbons (Fsp3) is 1.00. The van der Waals surface area contributed by atoms with Crippen LogP contribution < -0.4 is 0 Å². The van der Waals surface area contributed by atoms with Gasteiger partial charge in [-0.25, -0.2) is 0 Å². The molecule has 0 spiro atoms. The molecule has 0 aliphatic heterocycles. The maximum Gasteiger partial charge on any atom is 0.00345 e. The predicted molar refractivity (Wildman–Crippen MR) is 82.5 cm³/mol. The molecule has 0 aromatic heterocycles. The summed E-state index contributed by atoms with van der Waals surface area (Å²) in [5.74, 6) is 1.22. The Bertz CT molecular complexity index is 101. The van der Waals surface area contributed by atoms with Crippen LogP contribution in [0.15, 0.2) is 0 Å². The van der Waals surface area contributed by atoms with Crippen molar-refractivity contribution in [2.75, 3.05) is 5.75 Å². The van der Waals surface area contributed by atoms with Gasteiger partial charge in [-0.05, 0) is 6.42 Å². The van der Waals surface area contributed by atoms with E-state index in [2.05, 4.69) is 18.6 Å². The molecule has 0 rings (SSSR count). The Labute approximate surface area is 112 Å². The summed E-state index contributed by atoms with van der Waals surface area (Å²) in [5, 5.41) is 0. The van der Waals surface area contributed by atoms with Crippen molar-refractivity contribution in [1.82, 2.24) is 0 Å². The zero-order chi connectivity index (χ0) is 11.9. The summed E-state index contributed by atoms with van der Waals surface area (Å²) >= 11 is 4.14. The van der Waals surface area contributed by atoms with Crippen LogP contribution in [-0.2, 0) is 0 Å². The molecule has 16 heavy (non-hydrogen) atoms. The van der Waals surface area contributed by atoms with Crippen LogP contribution >= 0.6 is 22.5 Å². The third kappa shape index (κ3) is 14.7. The third-order valence-corrected chi connectivity index (χ3v) is 4.11. The minimum Gasteiger partial charge on any atom is -0.111 e. The number of hydrogen-bond donors (Lipinski definition) is 1. The standard InChI is InChI=1S/C14H30S2/c1-2-3-4-5-6-7-8-9-10-11-12-13-14-16-15/h15H,2-14H2,1H3. The van der Waals surface area contributed by atoms with Gasteiger partial charge in [-0.2, -0.15) is 0 Å². The molecule has 0 bridgehead atoms. The summed E-state index contributed by atoms with van der Waals surface area (Å²) in [6.07, 6.45) is 17.2. The average Bonchev–Trinajstić information content (AvgIpc) is 2.31. The molecule has 0 nitrogen and oxygen atoms in total. The molecule has 0 fully saturated rings. The second-order valence-corrected chi connectivity index (χ2v) is 6.16. The number of thiol groups is 1. The second-order valence-electron chi connectivity index (χ2n) is 4.72. The van der Waals surface area contributed by atoms with Gasteiger partial charge < -0.3 is 0 Å². The van der Waals surface area contributed by atoms with Crippen molar-refractivity contribution in [3.63, 3.8) is 0 Å². The fourth-order valence-electron chi connectivity index (χ4n) is 2.01. The highest BCUT2D eigenvalue weighted by Gasteiger charge is 1.93. The van der Waals surface area contributed by atoms with Gasteiger partial charge in [0.15, 0.2) is 0 Å². The summed E-state index contributed by atoms with van der Waals surface area (Å²) in [7, 11) is 1.68. The van der Waals surface area contributed by atoms with Crippen molar-refractivity contribution in [2.45, 2.75) is 84.0 Å². The molecule has 0 aromatic carbocycles. The van der Waals surface area contributed by atoms with E-state index in [0.29, 0.717) is 0 Å². The Kier molecular flexibility index (Phi) is 16.4. The first-order valence-electron chi connectivity index (χ1n) is 7.18. The van der Waals surface area contributed by atoms with Crippen LogP contribution in [0, 0.1) is 0 Å². The Morgan fingerprint density at radius 1 is 0.625 bits per heavy atom. The zero-order valence-electron chi connectivity index (χ0n) is 11.0. The maximum atomic E-state index is 4.14. The van der Waals surface area contributed by atoms with E-state index in [4.69, 9.17) is 0 Å². The van der Waals surface area contributed by atoms with E-state index in [9.17, 15) is 0 Å². The zero-order valence-corrected chi connectivity index (χ0v) is 12.8. The van der Waals surface area contributed by atoms with E-state index in [1.165, 1.54) is 82.8 Å². The van der Waals surface area contributed by atoms with Crippen molar-refractivity contribution in [3.05, 3.63) is 0 Å². The van der Waals surface area contributed by atoms with Crippen molar-refractivity contribution in [1.29, 1.82) is 0 Å². The van der Waals surface area contributed by atoms with Gasteiger partial charge in [-0.15, -0.1) is 11.7 Å². The lowest BCUT2D eigenvalue weighted by Gasteiger charge is -2.02. The Morgan fingerprint density at radius 3 is 1.38 bits per heavy atom. The van der Waals surface area contributed by atoms with Gasteiger partial charge in [0.25, 0.3) is 0 Å². The van der Waals surface area contributed by atoms with E-state index in [0.717, 1.165) is 0 Å². The van der Waals surface area contributed by atoms with E-state index in [1.807, 2.05) is 0 Å². The van der Waals surface area contributed by atoms with Gasteiger partial charge in [-0.1, -0.05) is 88.3 Å². The molecule has 0 amide bonds. The van der Waals surface area contributed by atoms with Crippen molar-refractivity contribution in [2.24, 2.45) is 0 Å². The van der Waals surface area contributed by atoms with Crippen LogP contribution in [0.4, 0.5) is 0 Å². The quantitative estimate of drug-likeness (QED) is 0.232. The molecular formula is C14H30S2. The molecule has 0 aromatic rings. The number of unbranched alkanes of at least 4 members (excludes halogenated alkanes) is 11. The Hall–Kier alpha value is 0.700. The van der Waals surface area contributed by atoms with Gasteiger partial charge in [-0.3, -0.25) is 0 Å². The molecule has 0 aliphatic rings. The first-order chi connectivity index (χ1) is 7.91. The monoisotopic (exact) mass is 262 g/mol. The SMILES string of the molecule is CCCCCCCCCCCCCCSS. The highest BCUT2D eigenvalue weighted by atomic mass is 33.1. The van der Waals surface area contributed by atoms with Crippen LogP contribution in [0.3, 0.4) is 0 Å². The summed E-state index contributed by atoms with van der Waals surface area (Å²) in [6.45, 7) is 2.28. The van der Waals surface area contributed by atoms with Crippen molar-refractivity contribution >= 4 is 22.5 Å². The molecule has 0 N–H and O–H groups in total. The van der Waals surface area contributed by atoms with Gasteiger partial charge in [0, 0.05) is 5.75 Å². The lowest BCUT2D eigenvalue weighted by atomic mass is 10.1. The smallest absolute Gasteiger partial charge is 0.00345 e. The minimum absolute atomic E-state index is 1.22. The van der Waals surface area contributed by atoms with Crippen LogP contribution in [0.25, 0.3) is 0 Å². The fourth-order valence-corrected chi connectivity index (χ4v) is 2.73. The summed E-state index contributed by atoms with van der Waals surface area (Å²) in [6, 6.07) is 0. The maximum absolute atomic E-state index is 4.14. The third-order valence-electron chi connectivity index (χ3n) is 3.09. The molecule has 0 saturated heterocycles. The van der Waals surface area contributed by atoms with Gasteiger partial charge >= 0.3 is 0 Å². The molecule has 0 aliphatic carbocycles. The van der Waals surface area contributed by atoms with E-state index in [-0.39, 0.29) is 0 Å². The topological polar surface area (TPSA) is 0 Å². The largest absolute Gasteiger partial charge is 0.111 e. The first kappa shape index (κ1) is 16.7. The number of rotatable bonds is 13. The van der Waals surface area contributed by atoms with Crippen LogP contribution in [0.2, 0.25) is 0 Å². The molecule has 2 heteroatoms. The van der Waals surface area contributed by atoms with Gasteiger partial charge in [0.2, 0.25) is 0 Å². The molecule has 0 radical (unpaired) electrons. The molecule has 0 saturated carbocycles. The molecule has 0 heterocycles. The second kappa shape index (κ2) is 15.7. The summed E-state index contributed by atoms with van der Waals surface area (Å²) in [5.41, 5.74) is 0. The molecule has 0 unspecified atom stereocenters. The van der Waals surface area contributed by atoms with Crippen LogP contribution in [0.1, 0.15) is 84.0 Å². The summed E-state index contributed by atoms with van der Waals surface area (Å²) < 4.78 is 0. The minimum atomic E-state index is 1.22.